The maximum atomic E-state index is 11.5. The van der Waals surface area contributed by atoms with Crippen LogP contribution in [0.4, 0.5) is 0 Å². The van der Waals surface area contributed by atoms with Gasteiger partial charge in [0.2, 0.25) is 0 Å². The van der Waals surface area contributed by atoms with Crippen molar-refractivity contribution in [3.8, 4) is 0 Å². The van der Waals surface area contributed by atoms with Gasteiger partial charge in [-0.15, -0.1) is 0 Å². The first-order chi connectivity index (χ1) is 11.4. The van der Waals surface area contributed by atoms with Gasteiger partial charge in [-0.2, -0.15) is 0 Å². The molecule has 2 heterocycles. The van der Waals surface area contributed by atoms with E-state index in [2.05, 4.69) is 10.6 Å². The molecular formula is C16H20N2O6. The number of imide groups is 2. The Morgan fingerprint density at radius 3 is 1.46 bits per heavy atom. The summed E-state index contributed by atoms with van der Waals surface area (Å²) in [6.07, 6.45) is 2.58. The molecular weight excluding hydrogens is 316 g/mol. The summed E-state index contributed by atoms with van der Waals surface area (Å²) in [5, 5.41) is 4.38. The first kappa shape index (κ1) is 18.0. The Morgan fingerprint density at radius 2 is 1.17 bits per heavy atom. The van der Waals surface area contributed by atoms with Crippen LogP contribution in [0.1, 0.15) is 13.8 Å². The van der Waals surface area contributed by atoms with E-state index in [-0.39, 0.29) is 23.7 Å². The fraction of sp³-hybridized carbons (Fsp3) is 0.500. The molecule has 0 aromatic carbocycles. The Labute approximate surface area is 139 Å². The van der Waals surface area contributed by atoms with Gasteiger partial charge in [0, 0.05) is 35.1 Å². The van der Waals surface area contributed by atoms with Crippen LogP contribution in [-0.4, -0.2) is 50.1 Å². The van der Waals surface area contributed by atoms with E-state index in [0.29, 0.717) is 37.6 Å². The monoisotopic (exact) mass is 336 g/mol. The van der Waals surface area contributed by atoms with Crippen LogP contribution >= 0.6 is 0 Å². The standard InChI is InChI=1S/C16H20N2O6/c1-9(11-5-13(19)17-15(11)21)7-23-3-4-24-8-10(2)12-6-14(20)18-16(12)22/h5-6,9-10H,3-4,7-8H2,1-2H3,(H,17,19,21)(H,18,20,22). The van der Waals surface area contributed by atoms with Crippen molar-refractivity contribution >= 4 is 23.6 Å². The van der Waals surface area contributed by atoms with Gasteiger partial charge in [-0.3, -0.25) is 29.8 Å². The molecule has 0 saturated heterocycles. The maximum absolute atomic E-state index is 11.5. The second kappa shape index (κ2) is 7.98. The van der Waals surface area contributed by atoms with Crippen molar-refractivity contribution in [1.82, 2.24) is 10.6 Å². The molecule has 130 valence electrons. The molecule has 0 saturated carbocycles. The third-order valence-corrected chi connectivity index (χ3v) is 3.74. The van der Waals surface area contributed by atoms with Crippen LogP contribution in [0.15, 0.2) is 23.3 Å². The molecule has 2 N–H and O–H groups in total. The minimum absolute atomic E-state index is 0.186. The van der Waals surface area contributed by atoms with Crippen LogP contribution in [0.5, 0.6) is 0 Å². The molecule has 8 nitrogen and oxygen atoms in total. The average molecular weight is 336 g/mol. The Morgan fingerprint density at radius 1 is 0.792 bits per heavy atom. The highest BCUT2D eigenvalue weighted by Gasteiger charge is 2.26. The van der Waals surface area contributed by atoms with Crippen LogP contribution in [0.2, 0.25) is 0 Å². The van der Waals surface area contributed by atoms with Crippen molar-refractivity contribution in [3.05, 3.63) is 23.3 Å². The lowest BCUT2D eigenvalue weighted by Crippen LogP contribution is -2.25. The summed E-state index contributed by atoms with van der Waals surface area (Å²) in [6, 6.07) is 0. The van der Waals surface area contributed by atoms with E-state index in [9.17, 15) is 19.2 Å². The molecule has 0 radical (unpaired) electrons. The van der Waals surface area contributed by atoms with Crippen LogP contribution in [0.3, 0.4) is 0 Å². The lowest BCUT2D eigenvalue weighted by Gasteiger charge is -2.14. The van der Waals surface area contributed by atoms with Crippen molar-refractivity contribution in [3.63, 3.8) is 0 Å². The van der Waals surface area contributed by atoms with Crippen LogP contribution in [0.25, 0.3) is 0 Å². The Bertz CT molecular complexity index is 568. The largest absolute Gasteiger partial charge is 0.378 e. The zero-order valence-corrected chi connectivity index (χ0v) is 13.6. The van der Waals surface area contributed by atoms with E-state index in [4.69, 9.17) is 9.47 Å². The van der Waals surface area contributed by atoms with Crippen LogP contribution in [-0.2, 0) is 28.7 Å². The van der Waals surface area contributed by atoms with Gasteiger partial charge < -0.3 is 9.47 Å². The summed E-state index contributed by atoms with van der Waals surface area (Å²) in [5.74, 6) is -1.93. The molecule has 24 heavy (non-hydrogen) atoms. The average Bonchev–Trinajstić information content (AvgIpc) is 3.03. The molecule has 2 unspecified atom stereocenters. The van der Waals surface area contributed by atoms with E-state index >= 15 is 0 Å². The molecule has 2 aliphatic heterocycles. The zero-order chi connectivity index (χ0) is 17.7. The van der Waals surface area contributed by atoms with E-state index in [0.717, 1.165) is 0 Å². The number of ether oxygens (including phenoxy) is 2. The van der Waals surface area contributed by atoms with E-state index < -0.39 is 11.8 Å². The Kier molecular flexibility index (Phi) is 5.99. The number of hydrogen-bond acceptors (Lipinski definition) is 6. The number of rotatable bonds is 9. The van der Waals surface area contributed by atoms with Gasteiger partial charge in [0.25, 0.3) is 23.6 Å². The fourth-order valence-corrected chi connectivity index (χ4v) is 2.40. The third-order valence-electron chi connectivity index (χ3n) is 3.74. The van der Waals surface area contributed by atoms with Crippen molar-refractivity contribution < 1.29 is 28.7 Å². The van der Waals surface area contributed by atoms with Gasteiger partial charge in [-0.25, -0.2) is 0 Å². The van der Waals surface area contributed by atoms with Crippen molar-refractivity contribution in [2.24, 2.45) is 11.8 Å². The van der Waals surface area contributed by atoms with Crippen LogP contribution in [0, 0.1) is 11.8 Å². The molecule has 0 fully saturated rings. The molecule has 0 aromatic heterocycles. The summed E-state index contributed by atoms with van der Waals surface area (Å²) in [6.45, 7) is 4.85. The zero-order valence-electron chi connectivity index (χ0n) is 13.6. The first-order valence-corrected chi connectivity index (χ1v) is 7.67. The summed E-state index contributed by atoms with van der Waals surface area (Å²) < 4.78 is 10.9. The summed E-state index contributed by atoms with van der Waals surface area (Å²) in [4.78, 5) is 45.1. The van der Waals surface area contributed by atoms with Gasteiger partial charge in [0.1, 0.15) is 0 Å². The lowest BCUT2D eigenvalue weighted by molar-refractivity contribution is -0.125. The predicted molar refractivity (Wildman–Crippen MR) is 82.4 cm³/mol. The summed E-state index contributed by atoms with van der Waals surface area (Å²) >= 11 is 0. The lowest BCUT2D eigenvalue weighted by atomic mass is 10.0. The number of carbonyl (C=O) groups is 4. The molecule has 0 aromatic rings. The molecule has 4 amide bonds. The molecule has 8 heteroatoms. The molecule has 2 aliphatic rings. The van der Waals surface area contributed by atoms with Gasteiger partial charge in [0.05, 0.1) is 26.4 Å². The van der Waals surface area contributed by atoms with E-state index in [1.54, 1.807) is 13.8 Å². The van der Waals surface area contributed by atoms with E-state index in [1.807, 2.05) is 0 Å². The van der Waals surface area contributed by atoms with Gasteiger partial charge in [-0.1, -0.05) is 13.8 Å². The summed E-state index contributed by atoms with van der Waals surface area (Å²) in [7, 11) is 0. The van der Waals surface area contributed by atoms with Gasteiger partial charge in [-0.05, 0) is 0 Å². The molecule has 0 aliphatic carbocycles. The van der Waals surface area contributed by atoms with Crippen molar-refractivity contribution in [1.29, 1.82) is 0 Å². The SMILES string of the molecule is CC(COCCOCC(C)C1=CC(=O)NC1=O)C1=CC(=O)NC1=O. The highest BCUT2D eigenvalue weighted by molar-refractivity contribution is 6.17. The van der Waals surface area contributed by atoms with Crippen LogP contribution < -0.4 is 10.6 Å². The van der Waals surface area contributed by atoms with Gasteiger partial charge >= 0.3 is 0 Å². The van der Waals surface area contributed by atoms with E-state index in [1.165, 1.54) is 12.2 Å². The fourth-order valence-electron chi connectivity index (χ4n) is 2.40. The Hall–Kier alpha value is -2.32. The molecule has 2 rings (SSSR count). The normalized spacial score (nSPS) is 19.8. The molecule has 0 spiro atoms. The smallest absolute Gasteiger partial charge is 0.254 e. The minimum atomic E-state index is -0.400. The number of carbonyl (C=O) groups excluding carboxylic acids is 4. The molecule has 2 atom stereocenters. The first-order valence-electron chi connectivity index (χ1n) is 7.67. The second-order valence-electron chi connectivity index (χ2n) is 5.79. The maximum Gasteiger partial charge on any atom is 0.254 e. The topological polar surface area (TPSA) is 111 Å². The predicted octanol–water partition coefficient (Wildman–Crippen LogP) is -0.543. The highest BCUT2D eigenvalue weighted by atomic mass is 16.5. The van der Waals surface area contributed by atoms with Crippen molar-refractivity contribution in [2.75, 3.05) is 26.4 Å². The number of amides is 4. The Balaban J connectivity index is 1.60. The number of nitrogens with one attached hydrogen (secondary N) is 2. The van der Waals surface area contributed by atoms with Gasteiger partial charge in [0.15, 0.2) is 0 Å². The van der Waals surface area contributed by atoms with Crippen molar-refractivity contribution in [2.45, 2.75) is 13.8 Å². The second-order valence-corrected chi connectivity index (χ2v) is 5.79. The number of hydrogen-bond donors (Lipinski definition) is 2. The molecule has 0 bridgehead atoms. The quantitative estimate of drug-likeness (QED) is 0.432. The third kappa shape index (κ3) is 4.59. The minimum Gasteiger partial charge on any atom is -0.378 e. The summed E-state index contributed by atoms with van der Waals surface area (Å²) in [5.41, 5.74) is 0.830. The highest BCUT2D eigenvalue weighted by Crippen LogP contribution is 2.16.